The predicted molar refractivity (Wildman–Crippen MR) is 105 cm³/mol. The minimum Gasteiger partial charge on any atom is -0.335 e. The minimum absolute atomic E-state index is 0.0615. The highest BCUT2D eigenvalue weighted by molar-refractivity contribution is 14.1. The largest absolute Gasteiger partial charge is 0.335 e. The topological polar surface area (TPSA) is 18.5 Å². The van der Waals surface area contributed by atoms with Gasteiger partial charge in [0, 0.05) is 10.8 Å². The Labute approximate surface area is 150 Å². The standard InChI is InChI=1S/C20H21IO2/c1-3-4-9-19(21)22-23-20-17-8-6-5-7-15(17)13-16-11-10-14(2)12-18(16)20/h5-8,10-13,19H,3-4,9H2,1-2H3. The monoisotopic (exact) mass is 420 g/mol. The maximum atomic E-state index is 5.84. The lowest BCUT2D eigenvalue weighted by atomic mass is 10.0. The Morgan fingerprint density at radius 2 is 1.78 bits per heavy atom. The SMILES string of the molecule is CCCCC(I)OOc1c2ccccc2cc2ccc(C)cc12. The lowest BCUT2D eigenvalue weighted by Crippen LogP contribution is -2.08. The first kappa shape index (κ1) is 16.5. The molecule has 1 atom stereocenters. The summed E-state index contributed by atoms with van der Waals surface area (Å²) >= 11 is 2.30. The van der Waals surface area contributed by atoms with Crippen LogP contribution in [0.3, 0.4) is 0 Å². The van der Waals surface area contributed by atoms with E-state index in [0.717, 1.165) is 29.4 Å². The molecule has 0 fully saturated rings. The average Bonchev–Trinajstić information content (AvgIpc) is 2.57. The van der Waals surface area contributed by atoms with Gasteiger partial charge in [-0.15, -0.1) is 0 Å². The van der Waals surface area contributed by atoms with E-state index in [9.17, 15) is 0 Å². The summed E-state index contributed by atoms with van der Waals surface area (Å²) in [4.78, 5) is 11.5. The summed E-state index contributed by atoms with van der Waals surface area (Å²) in [6.07, 6.45) is 3.31. The number of halogens is 1. The Bertz CT molecular complexity index is 813. The molecule has 0 aromatic heterocycles. The fourth-order valence-corrected chi connectivity index (χ4v) is 3.28. The number of aryl methyl sites for hydroxylation is 1. The van der Waals surface area contributed by atoms with Crippen LogP contribution >= 0.6 is 22.6 Å². The van der Waals surface area contributed by atoms with Crippen LogP contribution in [0, 0.1) is 6.92 Å². The predicted octanol–water partition coefficient (Wildman–Crippen LogP) is 6.56. The zero-order valence-electron chi connectivity index (χ0n) is 13.5. The van der Waals surface area contributed by atoms with Gasteiger partial charge in [-0.1, -0.05) is 61.7 Å². The van der Waals surface area contributed by atoms with Gasteiger partial charge in [-0.3, -0.25) is 0 Å². The zero-order valence-corrected chi connectivity index (χ0v) is 15.7. The first-order valence-corrected chi connectivity index (χ1v) is 9.33. The summed E-state index contributed by atoms with van der Waals surface area (Å²) in [6, 6.07) is 16.9. The van der Waals surface area contributed by atoms with Crippen LogP contribution < -0.4 is 4.89 Å². The van der Waals surface area contributed by atoms with Gasteiger partial charge in [0.1, 0.15) is 0 Å². The highest BCUT2D eigenvalue weighted by atomic mass is 127. The van der Waals surface area contributed by atoms with Crippen LogP contribution in [0.15, 0.2) is 48.5 Å². The maximum absolute atomic E-state index is 5.84. The van der Waals surface area contributed by atoms with Gasteiger partial charge in [-0.05, 0) is 58.8 Å². The third-order valence-electron chi connectivity index (χ3n) is 3.99. The highest BCUT2D eigenvalue weighted by Gasteiger charge is 2.12. The molecule has 0 saturated heterocycles. The van der Waals surface area contributed by atoms with Crippen LogP contribution in [-0.2, 0) is 4.89 Å². The Hall–Kier alpha value is -1.33. The molecule has 0 saturated carbocycles. The number of fused-ring (bicyclic) bond motifs is 2. The molecule has 3 aromatic rings. The van der Waals surface area contributed by atoms with Crippen molar-refractivity contribution in [2.75, 3.05) is 0 Å². The van der Waals surface area contributed by atoms with E-state index in [1.807, 2.05) is 6.07 Å². The lowest BCUT2D eigenvalue weighted by Gasteiger charge is -2.15. The van der Waals surface area contributed by atoms with E-state index in [1.165, 1.54) is 22.8 Å². The molecule has 0 radical (unpaired) electrons. The van der Waals surface area contributed by atoms with Crippen molar-refractivity contribution >= 4 is 44.1 Å². The lowest BCUT2D eigenvalue weighted by molar-refractivity contribution is -0.212. The second-order valence-corrected chi connectivity index (χ2v) is 7.27. The minimum atomic E-state index is 0.0615. The van der Waals surface area contributed by atoms with Crippen molar-refractivity contribution < 1.29 is 9.78 Å². The van der Waals surface area contributed by atoms with Gasteiger partial charge >= 0.3 is 0 Å². The molecule has 0 aliphatic heterocycles. The molecule has 1 unspecified atom stereocenters. The molecule has 0 spiro atoms. The molecule has 0 N–H and O–H groups in total. The van der Waals surface area contributed by atoms with E-state index in [0.29, 0.717) is 0 Å². The van der Waals surface area contributed by atoms with Crippen molar-refractivity contribution in [2.24, 2.45) is 0 Å². The molecule has 3 aromatic carbocycles. The van der Waals surface area contributed by atoms with Crippen LogP contribution in [0.4, 0.5) is 0 Å². The van der Waals surface area contributed by atoms with Crippen molar-refractivity contribution in [3.05, 3.63) is 54.1 Å². The smallest absolute Gasteiger partial charge is 0.181 e. The molecule has 3 rings (SSSR count). The molecule has 0 aliphatic carbocycles. The maximum Gasteiger partial charge on any atom is 0.181 e. The zero-order chi connectivity index (χ0) is 16.2. The third kappa shape index (κ3) is 3.78. The van der Waals surface area contributed by atoms with E-state index < -0.39 is 0 Å². The van der Waals surface area contributed by atoms with Gasteiger partial charge in [0.15, 0.2) is 9.86 Å². The molecule has 0 heterocycles. The fraction of sp³-hybridized carbons (Fsp3) is 0.300. The first-order valence-electron chi connectivity index (χ1n) is 8.08. The number of hydrogen-bond donors (Lipinski definition) is 0. The highest BCUT2D eigenvalue weighted by Crippen LogP contribution is 2.36. The molecule has 3 heteroatoms. The van der Waals surface area contributed by atoms with E-state index in [-0.39, 0.29) is 4.11 Å². The van der Waals surface area contributed by atoms with E-state index >= 15 is 0 Å². The molecule has 0 bridgehead atoms. The van der Waals surface area contributed by atoms with Crippen molar-refractivity contribution in [3.8, 4) is 5.75 Å². The van der Waals surface area contributed by atoms with Crippen LogP contribution in [0.2, 0.25) is 0 Å². The van der Waals surface area contributed by atoms with E-state index in [4.69, 9.17) is 9.78 Å². The molecular weight excluding hydrogens is 399 g/mol. The van der Waals surface area contributed by atoms with E-state index in [1.54, 1.807) is 0 Å². The molecule has 23 heavy (non-hydrogen) atoms. The summed E-state index contributed by atoms with van der Waals surface area (Å²) in [5, 5.41) is 4.53. The Morgan fingerprint density at radius 1 is 1.00 bits per heavy atom. The Morgan fingerprint density at radius 3 is 2.61 bits per heavy atom. The van der Waals surface area contributed by atoms with E-state index in [2.05, 4.69) is 78.9 Å². The summed E-state index contributed by atoms with van der Waals surface area (Å²) in [5.41, 5.74) is 1.22. The number of alkyl halides is 1. The van der Waals surface area contributed by atoms with Gasteiger partial charge in [-0.2, -0.15) is 4.89 Å². The van der Waals surface area contributed by atoms with Crippen molar-refractivity contribution in [3.63, 3.8) is 0 Å². The van der Waals surface area contributed by atoms with Crippen molar-refractivity contribution in [2.45, 2.75) is 37.2 Å². The summed E-state index contributed by atoms with van der Waals surface area (Å²) < 4.78 is 0.0615. The number of hydrogen-bond acceptors (Lipinski definition) is 2. The first-order chi connectivity index (χ1) is 11.2. The molecule has 0 amide bonds. The molecule has 120 valence electrons. The summed E-state index contributed by atoms with van der Waals surface area (Å²) in [7, 11) is 0. The second-order valence-electron chi connectivity index (χ2n) is 5.88. The molecule has 2 nitrogen and oxygen atoms in total. The molecule has 0 aliphatic rings. The summed E-state index contributed by atoms with van der Waals surface area (Å²) in [5.74, 6) is 0.819. The van der Waals surface area contributed by atoms with Crippen LogP contribution in [0.25, 0.3) is 21.5 Å². The van der Waals surface area contributed by atoms with Gasteiger partial charge in [0.05, 0.1) is 0 Å². The number of unbranched alkanes of at least 4 members (excludes halogenated alkanes) is 1. The van der Waals surface area contributed by atoms with Crippen LogP contribution in [0.1, 0.15) is 31.7 Å². The van der Waals surface area contributed by atoms with Gasteiger partial charge in [0.25, 0.3) is 0 Å². The normalized spacial score (nSPS) is 12.7. The quantitative estimate of drug-likeness (QED) is 0.148. The van der Waals surface area contributed by atoms with Crippen LogP contribution in [0.5, 0.6) is 5.75 Å². The summed E-state index contributed by atoms with van der Waals surface area (Å²) in [6.45, 7) is 4.28. The van der Waals surface area contributed by atoms with Crippen molar-refractivity contribution in [1.82, 2.24) is 0 Å². The van der Waals surface area contributed by atoms with Gasteiger partial charge < -0.3 is 4.89 Å². The molecular formula is C20H21IO2. The average molecular weight is 420 g/mol. The Balaban J connectivity index is 2.02. The number of rotatable bonds is 6. The van der Waals surface area contributed by atoms with Crippen molar-refractivity contribution in [1.29, 1.82) is 0 Å². The Kier molecular flexibility index (Phi) is 5.38. The van der Waals surface area contributed by atoms with Crippen LogP contribution in [-0.4, -0.2) is 4.11 Å². The number of benzene rings is 3. The fourth-order valence-electron chi connectivity index (χ4n) is 2.74. The second kappa shape index (κ2) is 7.49. The van der Waals surface area contributed by atoms with Gasteiger partial charge in [-0.25, -0.2) is 0 Å². The van der Waals surface area contributed by atoms with Gasteiger partial charge in [0.2, 0.25) is 0 Å². The third-order valence-corrected chi connectivity index (χ3v) is 4.82.